The molecule has 1 unspecified atom stereocenters. The smallest absolute Gasteiger partial charge is 0.193 e. The average Bonchev–Trinajstić information content (AvgIpc) is 2.66. The summed E-state index contributed by atoms with van der Waals surface area (Å²) in [5, 5.41) is 3.58. The number of nitrogens with zero attached hydrogens (tertiary/aromatic N) is 4. The van der Waals surface area contributed by atoms with Crippen molar-refractivity contribution in [3.8, 4) is 0 Å². The molecule has 2 aliphatic heterocycles. The average molecular weight is 568 g/mol. The Balaban J connectivity index is 0.00000280. The second kappa shape index (κ2) is 11.7. The van der Waals surface area contributed by atoms with Crippen molar-refractivity contribution in [2.75, 3.05) is 59.9 Å². The molecule has 1 aromatic carbocycles. The molecule has 2 saturated heterocycles. The molecule has 0 spiro atoms. The number of nitrogens with one attached hydrogen (secondary N) is 1. The molecule has 28 heavy (non-hydrogen) atoms. The summed E-state index contributed by atoms with van der Waals surface area (Å²) in [6, 6.07) is 5.40. The fourth-order valence-corrected chi connectivity index (χ4v) is 4.27. The first-order chi connectivity index (χ1) is 13.0. The molecule has 1 atom stereocenters. The van der Waals surface area contributed by atoms with Gasteiger partial charge < -0.3 is 15.1 Å². The number of hydrogen-bond donors (Lipinski definition) is 1. The molecule has 0 saturated carbocycles. The monoisotopic (exact) mass is 567 g/mol. The van der Waals surface area contributed by atoms with Crippen molar-refractivity contribution in [3.05, 3.63) is 34.1 Å². The lowest BCUT2D eigenvalue weighted by molar-refractivity contribution is 0.170. The van der Waals surface area contributed by atoms with E-state index in [1.807, 2.05) is 13.1 Å². The first-order valence-electron chi connectivity index (χ1n) is 9.85. The number of aliphatic imine (C=N–C) groups is 1. The molecule has 0 amide bonds. The van der Waals surface area contributed by atoms with Crippen molar-refractivity contribution >= 4 is 45.9 Å². The third-order valence-corrected chi connectivity index (χ3v) is 6.19. The van der Waals surface area contributed by atoms with Gasteiger partial charge in [-0.05, 0) is 66.0 Å². The fourth-order valence-electron chi connectivity index (χ4n) is 4.02. The van der Waals surface area contributed by atoms with Gasteiger partial charge in [0.05, 0.1) is 4.47 Å². The third kappa shape index (κ3) is 6.81. The van der Waals surface area contributed by atoms with Crippen LogP contribution in [-0.4, -0.2) is 80.6 Å². The summed E-state index contributed by atoms with van der Waals surface area (Å²) in [4.78, 5) is 11.6. The fraction of sp³-hybridized carbons (Fsp3) is 0.650. The van der Waals surface area contributed by atoms with Gasteiger partial charge in [0.2, 0.25) is 0 Å². The van der Waals surface area contributed by atoms with Gasteiger partial charge >= 0.3 is 0 Å². The quantitative estimate of drug-likeness (QED) is 0.344. The van der Waals surface area contributed by atoms with E-state index in [9.17, 15) is 4.39 Å². The van der Waals surface area contributed by atoms with E-state index in [0.717, 1.165) is 50.8 Å². The summed E-state index contributed by atoms with van der Waals surface area (Å²) < 4.78 is 14.2. The van der Waals surface area contributed by atoms with Crippen LogP contribution in [0.25, 0.3) is 0 Å². The Morgan fingerprint density at radius 2 is 2.00 bits per heavy atom. The van der Waals surface area contributed by atoms with Crippen LogP contribution in [0.15, 0.2) is 27.7 Å². The molecule has 2 heterocycles. The van der Waals surface area contributed by atoms with E-state index in [1.54, 1.807) is 12.1 Å². The van der Waals surface area contributed by atoms with Crippen molar-refractivity contribution in [2.24, 2.45) is 10.9 Å². The number of rotatable bonds is 4. The zero-order chi connectivity index (χ0) is 19.2. The minimum Gasteiger partial charge on any atom is -0.356 e. The van der Waals surface area contributed by atoms with Crippen LogP contribution in [0.1, 0.15) is 18.4 Å². The number of piperazine rings is 1. The predicted molar refractivity (Wildman–Crippen MR) is 128 cm³/mol. The normalized spacial score (nSPS) is 22.1. The molecule has 0 bridgehead atoms. The molecule has 2 aliphatic rings. The maximum absolute atomic E-state index is 13.7. The highest BCUT2D eigenvalue weighted by Gasteiger charge is 2.22. The van der Waals surface area contributed by atoms with Gasteiger partial charge in [-0.3, -0.25) is 9.89 Å². The number of hydrogen-bond acceptors (Lipinski definition) is 3. The first kappa shape index (κ1) is 23.8. The highest BCUT2D eigenvalue weighted by molar-refractivity contribution is 14.0. The van der Waals surface area contributed by atoms with Gasteiger partial charge in [0, 0.05) is 52.9 Å². The molecule has 158 valence electrons. The van der Waals surface area contributed by atoms with E-state index in [-0.39, 0.29) is 29.8 Å². The van der Waals surface area contributed by atoms with E-state index in [2.05, 4.69) is 48.0 Å². The number of guanidine groups is 1. The zero-order valence-corrected chi connectivity index (χ0v) is 20.7. The van der Waals surface area contributed by atoms with Crippen LogP contribution in [0.3, 0.4) is 0 Å². The van der Waals surface area contributed by atoms with E-state index in [4.69, 9.17) is 0 Å². The van der Waals surface area contributed by atoms with E-state index in [1.165, 1.54) is 25.9 Å². The Morgan fingerprint density at radius 1 is 1.25 bits per heavy atom. The number of likely N-dealkylation sites (tertiary alicyclic amines) is 1. The van der Waals surface area contributed by atoms with Gasteiger partial charge in [-0.2, -0.15) is 0 Å². The lowest BCUT2D eigenvalue weighted by Gasteiger charge is -2.37. The van der Waals surface area contributed by atoms with Crippen molar-refractivity contribution in [1.29, 1.82) is 0 Å². The molecule has 1 aromatic rings. The van der Waals surface area contributed by atoms with E-state index >= 15 is 0 Å². The summed E-state index contributed by atoms with van der Waals surface area (Å²) >= 11 is 3.21. The second-order valence-electron chi connectivity index (χ2n) is 7.71. The summed E-state index contributed by atoms with van der Waals surface area (Å²) in [5.41, 5.74) is 1.02. The Morgan fingerprint density at radius 3 is 2.64 bits per heavy atom. The molecule has 2 fully saturated rings. The Kier molecular flexibility index (Phi) is 9.92. The van der Waals surface area contributed by atoms with Crippen molar-refractivity contribution in [3.63, 3.8) is 0 Å². The minimum absolute atomic E-state index is 0. The Hall–Kier alpha value is -0.450. The van der Waals surface area contributed by atoms with Crippen LogP contribution in [-0.2, 0) is 6.54 Å². The molecule has 1 N–H and O–H groups in total. The molecule has 0 radical (unpaired) electrons. The van der Waals surface area contributed by atoms with Gasteiger partial charge in [0.25, 0.3) is 0 Å². The third-order valence-electron chi connectivity index (χ3n) is 5.54. The predicted octanol–water partition coefficient (Wildman–Crippen LogP) is 3.24. The van der Waals surface area contributed by atoms with Crippen LogP contribution >= 0.6 is 39.9 Å². The SMILES string of the molecule is CN=C(NCC1CCCN(C)C1)N1CCN(Cc2ccc(Br)c(F)c2)CC1.I. The molecule has 5 nitrogen and oxygen atoms in total. The molecular formula is C20H32BrFIN5. The lowest BCUT2D eigenvalue weighted by Crippen LogP contribution is -2.53. The summed E-state index contributed by atoms with van der Waals surface area (Å²) in [6.07, 6.45) is 2.59. The zero-order valence-electron chi connectivity index (χ0n) is 16.8. The lowest BCUT2D eigenvalue weighted by atomic mass is 9.98. The van der Waals surface area contributed by atoms with Gasteiger partial charge in [-0.1, -0.05) is 6.07 Å². The minimum atomic E-state index is -0.191. The topological polar surface area (TPSA) is 34.1 Å². The van der Waals surface area contributed by atoms with Crippen LogP contribution in [0, 0.1) is 11.7 Å². The maximum atomic E-state index is 13.7. The standard InChI is InChI=1S/C20H31BrFN5.HI/c1-23-20(24-13-17-4-3-7-25(2)14-17)27-10-8-26(9-11-27)15-16-5-6-18(21)19(22)12-16;/h5-6,12,17H,3-4,7-11,13-15H2,1-2H3,(H,23,24);1H. The Labute approximate surface area is 193 Å². The second-order valence-corrected chi connectivity index (χ2v) is 8.56. The van der Waals surface area contributed by atoms with Gasteiger partial charge in [0.1, 0.15) is 5.82 Å². The highest BCUT2D eigenvalue weighted by atomic mass is 127. The number of halogens is 3. The summed E-state index contributed by atoms with van der Waals surface area (Å²) in [7, 11) is 4.07. The Bertz CT molecular complexity index is 651. The van der Waals surface area contributed by atoms with Crippen molar-refractivity contribution in [2.45, 2.75) is 19.4 Å². The van der Waals surface area contributed by atoms with Crippen LogP contribution in [0.4, 0.5) is 4.39 Å². The van der Waals surface area contributed by atoms with Crippen LogP contribution in [0.5, 0.6) is 0 Å². The van der Waals surface area contributed by atoms with Crippen LogP contribution < -0.4 is 5.32 Å². The number of piperidine rings is 1. The van der Waals surface area contributed by atoms with Gasteiger partial charge in [0.15, 0.2) is 5.96 Å². The summed E-state index contributed by atoms with van der Waals surface area (Å²) in [6.45, 7) is 7.99. The van der Waals surface area contributed by atoms with Gasteiger partial charge in [-0.15, -0.1) is 24.0 Å². The summed E-state index contributed by atoms with van der Waals surface area (Å²) in [5.74, 6) is 1.52. The van der Waals surface area contributed by atoms with Crippen molar-refractivity contribution in [1.82, 2.24) is 20.0 Å². The molecule has 8 heteroatoms. The molecular weight excluding hydrogens is 536 g/mol. The highest BCUT2D eigenvalue weighted by Crippen LogP contribution is 2.18. The van der Waals surface area contributed by atoms with E-state index in [0.29, 0.717) is 10.4 Å². The molecule has 0 aliphatic carbocycles. The number of benzene rings is 1. The van der Waals surface area contributed by atoms with E-state index < -0.39 is 0 Å². The van der Waals surface area contributed by atoms with Crippen molar-refractivity contribution < 1.29 is 4.39 Å². The van der Waals surface area contributed by atoms with Gasteiger partial charge in [-0.25, -0.2) is 4.39 Å². The van der Waals surface area contributed by atoms with Crippen LogP contribution in [0.2, 0.25) is 0 Å². The largest absolute Gasteiger partial charge is 0.356 e. The first-order valence-corrected chi connectivity index (χ1v) is 10.6. The molecule has 0 aromatic heterocycles. The molecule has 3 rings (SSSR count). The maximum Gasteiger partial charge on any atom is 0.193 e.